The molecule has 5 heteroatoms. The van der Waals surface area contributed by atoms with Crippen LogP contribution in [0.15, 0.2) is 24.3 Å². The van der Waals surface area contributed by atoms with Gasteiger partial charge in [0.1, 0.15) is 12.4 Å². The SMILES string of the molecule is COCCc1ccc(OCC(C)(O)C(=O)O)cc1. The number of carboxylic acids is 1. The van der Waals surface area contributed by atoms with E-state index in [2.05, 4.69) is 0 Å². The maximum Gasteiger partial charge on any atom is 0.339 e. The number of rotatable bonds is 7. The number of carbonyl (C=O) groups is 1. The van der Waals surface area contributed by atoms with E-state index in [4.69, 9.17) is 14.6 Å². The highest BCUT2D eigenvalue weighted by molar-refractivity contribution is 5.76. The molecule has 0 saturated heterocycles. The van der Waals surface area contributed by atoms with Crippen molar-refractivity contribution >= 4 is 5.97 Å². The number of hydrogen-bond donors (Lipinski definition) is 2. The van der Waals surface area contributed by atoms with Gasteiger partial charge in [0.05, 0.1) is 6.61 Å². The molecule has 0 radical (unpaired) electrons. The number of carboxylic acid groups (broad SMARTS) is 1. The summed E-state index contributed by atoms with van der Waals surface area (Å²) in [7, 11) is 1.64. The smallest absolute Gasteiger partial charge is 0.339 e. The van der Waals surface area contributed by atoms with Crippen LogP contribution in [0.25, 0.3) is 0 Å². The quantitative estimate of drug-likeness (QED) is 0.761. The van der Waals surface area contributed by atoms with Crippen molar-refractivity contribution in [2.75, 3.05) is 20.3 Å². The third-order valence-corrected chi connectivity index (χ3v) is 2.50. The Balaban J connectivity index is 2.51. The third kappa shape index (κ3) is 4.35. The standard InChI is InChI=1S/C13H18O5/c1-13(16,12(14)15)9-18-11-5-3-10(4-6-11)7-8-17-2/h3-6,16H,7-9H2,1-2H3,(H,14,15). The van der Waals surface area contributed by atoms with Crippen molar-refractivity contribution in [2.45, 2.75) is 18.9 Å². The van der Waals surface area contributed by atoms with E-state index < -0.39 is 11.6 Å². The Hall–Kier alpha value is -1.59. The molecule has 0 aliphatic rings. The molecule has 0 aromatic heterocycles. The van der Waals surface area contributed by atoms with Crippen molar-refractivity contribution in [3.8, 4) is 5.75 Å². The van der Waals surface area contributed by atoms with Crippen molar-refractivity contribution in [3.63, 3.8) is 0 Å². The predicted octanol–water partition coefficient (Wildman–Crippen LogP) is 1.09. The summed E-state index contributed by atoms with van der Waals surface area (Å²) in [6, 6.07) is 7.24. The van der Waals surface area contributed by atoms with Crippen molar-refractivity contribution in [1.29, 1.82) is 0 Å². The van der Waals surface area contributed by atoms with Crippen LogP contribution in [-0.4, -0.2) is 42.1 Å². The molecule has 0 fully saturated rings. The summed E-state index contributed by atoms with van der Waals surface area (Å²) in [5.74, 6) is -0.781. The first kappa shape index (κ1) is 14.5. The molecular formula is C13H18O5. The molecule has 0 spiro atoms. The molecule has 1 aromatic rings. The van der Waals surface area contributed by atoms with Gasteiger partial charge in [-0.25, -0.2) is 4.79 Å². The number of benzene rings is 1. The number of ether oxygens (including phenoxy) is 2. The van der Waals surface area contributed by atoms with Crippen LogP contribution >= 0.6 is 0 Å². The van der Waals surface area contributed by atoms with E-state index in [0.717, 1.165) is 12.0 Å². The molecular weight excluding hydrogens is 236 g/mol. The van der Waals surface area contributed by atoms with Crippen LogP contribution in [0.5, 0.6) is 5.75 Å². The largest absolute Gasteiger partial charge is 0.490 e. The zero-order chi connectivity index (χ0) is 13.6. The van der Waals surface area contributed by atoms with Gasteiger partial charge in [-0.05, 0) is 31.0 Å². The average molecular weight is 254 g/mol. The minimum atomic E-state index is -1.88. The maximum atomic E-state index is 10.7. The van der Waals surface area contributed by atoms with Crippen molar-refractivity contribution in [3.05, 3.63) is 29.8 Å². The second-order valence-corrected chi connectivity index (χ2v) is 4.25. The van der Waals surface area contributed by atoms with Gasteiger partial charge in [0.15, 0.2) is 5.60 Å². The Labute approximate surface area is 106 Å². The highest BCUT2D eigenvalue weighted by Gasteiger charge is 2.30. The van der Waals surface area contributed by atoms with Crippen LogP contribution in [0, 0.1) is 0 Å². The van der Waals surface area contributed by atoms with E-state index in [9.17, 15) is 9.90 Å². The first-order chi connectivity index (χ1) is 8.45. The van der Waals surface area contributed by atoms with Gasteiger partial charge >= 0.3 is 5.97 Å². The molecule has 1 unspecified atom stereocenters. The molecule has 2 N–H and O–H groups in total. The van der Waals surface area contributed by atoms with Gasteiger partial charge in [-0.15, -0.1) is 0 Å². The highest BCUT2D eigenvalue weighted by atomic mass is 16.5. The Kier molecular flexibility index (Phi) is 5.12. The van der Waals surface area contributed by atoms with Gasteiger partial charge in [-0.3, -0.25) is 0 Å². The average Bonchev–Trinajstić information content (AvgIpc) is 2.35. The minimum absolute atomic E-state index is 0.292. The Morgan fingerprint density at radius 1 is 1.33 bits per heavy atom. The summed E-state index contributed by atoms with van der Waals surface area (Å²) in [5.41, 5.74) is -0.775. The lowest BCUT2D eigenvalue weighted by Gasteiger charge is -2.18. The van der Waals surface area contributed by atoms with E-state index in [1.54, 1.807) is 19.2 Å². The second-order valence-electron chi connectivity index (χ2n) is 4.25. The fourth-order valence-electron chi connectivity index (χ4n) is 1.26. The molecule has 100 valence electrons. The number of aliphatic hydroxyl groups is 1. The van der Waals surface area contributed by atoms with Gasteiger partial charge in [0, 0.05) is 7.11 Å². The minimum Gasteiger partial charge on any atom is -0.490 e. The van der Waals surface area contributed by atoms with Gasteiger partial charge in [-0.1, -0.05) is 12.1 Å². The second kappa shape index (κ2) is 6.37. The zero-order valence-corrected chi connectivity index (χ0v) is 10.5. The zero-order valence-electron chi connectivity index (χ0n) is 10.5. The fraction of sp³-hybridized carbons (Fsp3) is 0.462. The number of hydrogen-bond acceptors (Lipinski definition) is 4. The van der Waals surface area contributed by atoms with Crippen molar-refractivity contribution in [1.82, 2.24) is 0 Å². The first-order valence-corrected chi connectivity index (χ1v) is 5.62. The molecule has 0 bridgehead atoms. The topological polar surface area (TPSA) is 76.0 Å². The van der Waals surface area contributed by atoms with E-state index in [-0.39, 0.29) is 6.61 Å². The van der Waals surface area contributed by atoms with Gasteiger partial charge < -0.3 is 19.7 Å². The summed E-state index contributed by atoms with van der Waals surface area (Å²) < 4.78 is 10.2. The van der Waals surface area contributed by atoms with Crippen LogP contribution in [0.4, 0.5) is 0 Å². The van der Waals surface area contributed by atoms with E-state index in [1.165, 1.54) is 6.92 Å². The molecule has 1 aromatic carbocycles. The number of aliphatic carboxylic acids is 1. The molecule has 18 heavy (non-hydrogen) atoms. The molecule has 0 heterocycles. The van der Waals surface area contributed by atoms with E-state index in [0.29, 0.717) is 12.4 Å². The molecule has 1 atom stereocenters. The summed E-state index contributed by atoms with van der Waals surface area (Å²) in [6.07, 6.45) is 0.809. The van der Waals surface area contributed by atoms with Crippen LogP contribution < -0.4 is 4.74 Å². The predicted molar refractivity (Wildman–Crippen MR) is 65.8 cm³/mol. The van der Waals surface area contributed by atoms with Crippen LogP contribution in [0.1, 0.15) is 12.5 Å². The summed E-state index contributed by atoms with van der Waals surface area (Å²) in [6.45, 7) is 1.55. The third-order valence-electron chi connectivity index (χ3n) is 2.50. The Bertz CT molecular complexity index is 383. The fourth-order valence-corrected chi connectivity index (χ4v) is 1.26. The van der Waals surface area contributed by atoms with Crippen molar-refractivity contribution in [2.24, 2.45) is 0 Å². The molecule has 0 aliphatic heterocycles. The van der Waals surface area contributed by atoms with Crippen molar-refractivity contribution < 1.29 is 24.5 Å². The summed E-state index contributed by atoms with van der Waals surface area (Å²) in [5, 5.41) is 18.2. The molecule has 1 rings (SSSR count). The van der Waals surface area contributed by atoms with E-state index >= 15 is 0 Å². The number of methoxy groups -OCH3 is 1. The van der Waals surface area contributed by atoms with Gasteiger partial charge in [0.25, 0.3) is 0 Å². The van der Waals surface area contributed by atoms with Gasteiger partial charge in [0.2, 0.25) is 0 Å². The Morgan fingerprint density at radius 3 is 2.44 bits per heavy atom. The molecule has 0 aliphatic carbocycles. The van der Waals surface area contributed by atoms with Crippen LogP contribution in [-0.2, 0) is 16.0 Å². The highest BCUT2D eigenvalue weighted by Crippen LogP contribution is 2.15. The van der Waals surface area contributed by atoms with E-state index in [1.807, 2.05) is 12.1 Å². The molecule has 0 saturated carbocycles. The van der Waals surface area contributed by atoms with Gasteiger partial charge in [-0.2, -0.15) is 0 Å². The lowest BCUT2D eigenvalue weighted by atomic mass is 10.1. The molecule has 5 nitrogen and oxygen atoms in total. The maximum absolute atomic E-state index is 10.7. The molecule has 0 amide bonds. The lowest BCUT2D eigenvalue weighted by molar-refractivity contribution is -0.159. The summed E-state index contributed by atoms with van der Waals surface area (Å²) in [4.78, 5) is 10.7. The first-order valence-electron chi connectivity index (χ1n) is 5.62. The summed E-state index contributed by atoms with van der Waals surface area (Å²) >= 11 is 0. The van der Waals surface area contributed by atoms with Crippen LogP contribution in [0.2, 0.25) is 0 Å². The Morgan fingerprint density at radius 2 is 1.94 bits per heavy atom. The normalized spacial score (nSPS) is 13.9. The van der Waals surface area contributed by atoms with Crippen LogP contribution in [0.3, 0.4) is 0 Å². The lowest BCUT2D eigenvalue weighted by Crippen LogP contribution is -2.41. The monoisotopic (exact) mass is 254 g/mol.